The minimum absolute atomic E-state index is 0.00116. The molecule has 2 aliphatic heterocycles. The van der Waals surface area contributed by atoms with E-state index in [1.807, 2.05) is 48.6 Å². The fourth-order valence-electron chi connectivity index (χ4n) is 11.2. The number of hydrogen-bond acceptors (Lipinski definition) is 25. The van der Waals surface area contributed by atoms with Gasteiger partial charge in [-0.25, -0.2) is 4.18 Å². The van der Waals surface area contributed by atoms with E-state index in [1.54, 1.807) is 32.1 Å². The molecule has 26 nitrogen and oxygen atoms in total. The molecule has 0 radical (unpaired) electrons. The van der Waals surface area contributed by atoms with Gasteiger partial charge in [0.25, 0.3) is 0 Å². The second kappa shape index (κ2) is 49.1. The summed E-state index contributed by atoms with van der Waals surface area (Å²) in [5.74, 6) is -0.812. The maximum Gasteiger partial charge on any atom is 0.397 e. The molecule has 0 saturated carbocycles. The van der Waals surface area contributed by atoms with E-state index in [2.05, 4.69) is 17.3 Å². The highest BCUT2D eigenvalue weighted by molar-refractivity contribution is 7.80. The van der Waals surface area contributed by atoms with Crippen molar-refractivity contribution in [1.82, 2.24) is 0 Å². The Hall–Kier alpha value is -3.61. The average Bonchev–Trinajstić information content (AvgIpc) is 0.816. The molecule has 21 N–H and O–H groups in total. The van der Waals surface area contributed by atoms with Crippen molar-refractivity contribution in [1.29, 1.82) is 0 Å². The van der Waals surface area contributed by atoms with Gasteiger partial charge in [0.05, 0.1) is 92.1 Å². The third kappa shape index (κ3) is 37.2. The lowest BCUT2D eigenvalue weighted by atomic mass is 9.87. The van der Waals surface area contributed by atoms with Gasteiger partial charge in [-0.1, -0.05) is 123 Å². The summed E-state index contributed by atoms with van der Waals surface area (Å²) in [6.45, 7) is 9.95. The molecular formula is C70H118O26S. The lowest BCUT2D eigenvalue weighted by molar-refractivity contribution is -0.234. The van der Waals surface area contributed by atoms with Crippen molar-refractivity contribution in [2.24, 2.45) is 5.92 Å². The van der Waals surface area contributed by atoms with Gasteiger partial charge in [-0.05, 0) is 134 Å². The Kier molecular flexibility index (Phi) is 45.3. The molecule has 0 aliphatic carbocycles. The first kappa shape index (κ1) is 89.5. The Labute approximate surface area is 572 Å². The molecule has 2 heterocycles. The summed E-state index contributed by atoms with van der Waals surface area (Å²) in [7, 11) is -4.67. The Balaban J connectivity index is 1.75. The van der Waals surface area contributed by atoms with E-state index in [1.165, 1.54) is 30.4 Å². The monoisotopic (exact) mass is 1410 g/mol. The maximum atomic E-state index is 11.2. The highest BCUT2D eigenvalue weighted by Crippen LogP contribution is 2.32. The van der Waals surface area contributed by atoms with Crippen LogP contribution in [0.3, 0.4) is 0 Å². The van der Waals surface area contributed by atoms with Crippen LogP contribution in [-0.4, -0.2) is 268 Å². The third-order valence-electron chi connectivity index (χ3n) is 17.4. The third-order valence-corrected chi connectivity index (χ3v) is 17.8. The van der Waals surface area contributed by atoms with Crippen LogP contribution >= 0.6 is 0 Å². The average molecular weight is 1410 g/mol. The van der Waals surface area contributed by atoms with Crippen molar-refractivity contribution in [2.75, 3.05) is 6.61 Å². The number of aliphatic hydroxyl groups is 20. The quantitative estimate of drug-likeness (QED) is 0.0177. The van der Waals surface area contributed by atoms with Crippen molar-refractivity contribution in [3.63, 3.8) is 0 Å². The van der Waals surface area contributed by atoms with Gasteiger partial charge in [-0.2, -0.15) is 8.42 Å². The number of hydrogen-bond donors (Lipinski definition) is 21. The minimum atomic E-state index is -4.67. The fourth-order valence-corrected chi connectivity index (χ4v) is 11.6. The highest BCUT2D eigenvalue weighted by Gasteiger charge is 2.47. The van der Waals surface area contributed by atoms with Gasteiger partial charge in [0, 0.05) is 25.2 Å². The van der Waals surface area contributed by atoms with Gasteiger partial charge < -0.3 is 112 Å². The van der Waals surface area contributed by atoms with Crippen LogP contribution in [0.1, 0.15) is 155 Å². The van der Waals surface area contributed by atoms with Crippen molar-refractivity contribution in [3.8, 4) is 0 Å². The van der Waals surface area contributed by atoms with Gasteiger partial charge in [0.15, 0.2) is 0 Å². The smallest absolute Gasteiger partial charge is 0.393 e. The van der Waals surface area contributed by atoms with Crippen LogP contribution in [0.5, 0.6) is 0 Å². The summed E-state index contributed by atoms with van der Waals surface area (Å²) in [6, 6.07) is 0. The van der Waals surface area contributed by atoms with Gasteiger partial charge >= 0.3 is 10.4 Å². The first-order valence-corrected chi connectivity index (χ1v) is 35.3. The summed E-state index contributed by atoms with van der Waals surface area (Å²) in [5, 5.41) is 215. The van der Waals surface area contributed by atoms with Crippen LogP contribution in [0, 0.1) is 5.92 Å². The number of aliphatic hydroxyl groups excluding tert-OH is 20. The molecule has 97 heavy (non-hydrogen) atoms. The van der Waals surface area contributed by atoms with Crippen LogP contribution in [-0.2, 0) is 24.1 Å². The summed E-state index contributed by atoms with van der Waals surface area (Å²) in [5.41, 5.74) is 0.464. The molecule has 2 saturated heterocycles. The number of unbranched alkanes of at least 4 members (excludes halogenated alkanes) is 2. The highest BCUT2D eigenvalue weighted by atomic mass is 32.3. The Morgan fingerprint density at radius 1 is 0.536 bits per heavy atom. The molecule has 0 aromatic rings. The van der Waals surface area contributed by atoms with E-state index >= 15 is 0 Å². The van der Waals surface area contributed by atoms with E-state index in [9.17, 15) is 111 Å². The Morgan fingerprint density at radius 3 is 1.62 bits per heavy atom. The molecule has 25 unspecified atom stereocenters. The van der Waals surface area contributed by atoms with E-state index in [4.69, 9.17) is 14.0 Å². The molecule has 25 atom stereocenters. The second-order valence-electron chi connectivity index (χ2n) is 25.9. The Morgan fingerprint density at radius 2 is 1.04 bits per heavy atom. The number of ether oxygens (including phenoxy) is 2. The van der Waals surface area contributed by atoms with E-state index in [0.717, 1.165) is 12.8 Å². The summed E-state index contributed by atoms with van der Waals surface area (Å²) >= 11 is 0. The van der Waals surface area contributed by atoms with Crippen LogP contribution in [0.4, 0.5) is 0 Å². The molecule has 0 aromatic carbocycles. The lowest BCUT2D eigenvalue weighted by Gasteiger charge is -2.42. The van der Waals surface area contributed by atoms with Crippen LogP contribution in [0.25, 0.3) is 0 Å². The second-order valence-corrected chi connectivity index (χ2v) is 27.0. The SMILES string of the molecule is C=C/C=C/CC/C=C/C=C/C=C/CC/C=C/C(O)C(O)C1OC(C(O)C(O)C(=C)CCC(O)C2CC(O)C(O)C(C(O)C(O)/C=C(\C)CCC(O)CC(O)C(O)C(C)C(O)CCCC(O)CCCC(O)CCCC(O)/C=C/CC(O)/C=C/CC(O)COS(=O)(=O)O)O2)CC(O)C1O. The predicted molar refractivity (Wildman–Crippen MR) is 363 cm³/mol. The minimum Gasteiger partial charge on any atom is -0.393 e. The summed E-state index contributed by atoms with van der Waals surface area (Å²) < 4.78 is 45.4. The van der Waals surface area contributed by atoms with Crippen molar-refractivity contribution >= 4 is 10.4 Å². The molecule has 0 amide bonds. The van der Waals surface area contributed by atoms with E-state index in [0.29, 0.717) is 69.8 Å². The van der Waals surface area contributed by atoms with Gasteiger partial charge in [0.2, 0.25) is 0 Å². The van der Waals surface area contributed by atoms with E-state index < -0.39 is 169 Å². The van der Waals surface area contributed by atoms with Crippen molar-refractivity contribution < 1.29 is 129 Å². The number of rotatable bonds is 51. The molecular weight excluding hydrogens is 1290 g/mol. The zero-order chi connectivity index (χ0) is 72.8. The van der Waals surface area contributed by atoms with Crippen LogP contribution < -0.4 is 0 Å². The molecule has 0 spiro atoms. The first-order valence-electron chi connectivity index (χ1n) is 33.9. The summed E-state index contributed by atoms with van der Waals surface area (Å²) in [6.07, 6.45) is -0.284. The number of allylic oxidation sites excluding steroid dienone is 11. The molecule has 0 aromatic heterocycles. The van der Waals surface area contributed by atoms with Crippen molar-refractivity contribution in [3.05, 3.63) is 122 Å². The molecule has 560 valence electrons. The first-order chi connectivity index (χ1) is 45.8. The summed E-state index contributed by atoms with van der Waals surface area (Å²) in [4.78, 5) is 0. The lowest BCUT2D eigenvalue weighted by Crippen LogP contribution is -2.59. The fraction of sp³-hybridized carbons (Fsp3) is 0.714. The molecule has 27 heteroatoms. The molecule has 2 aliphatic rings. The van der Waals surface area contributed by atoms with Crippen molar-refractivity contribution in [2.45, 2.75) is 302 Å². The molecule has 2 rings (SSSR count). The van der Waals surface area contributed by atoms with Crippen LogP contribution in [0.2, 0.25) is 0 Å². The topological polar surface area (TPSA) is 487 Å². The van der Waals surface area contributed by atoms with Gasteiger partial charge in [0.1, 0.15) is 61.0 Å². The van der Waals surface area contributed by atoms with E-state index in [-0.39, 0.29) is 69.8 Å². The normalized spacial score (nSPS) is 26.5. The zero-order valence-corrected chi connectivity index (χ0v) is 57.0. The molecule has 0 bridgehead atoms. The molecule has 2 fully saturated rings. The predicted octanol–water partition coefficient (Wildman–Crippen LogP) is 1.36. The largest absolute Gasteiger partial charge is 0.397 e. The zero-order valence-electron chi connectivity index (χ0n) is 56.2. The Bertz CT molecular complexity index is 2510. The van der Waals surface area contributed by atoms with Crippen LogP contribution in [0.15, 0.2) is 122 Å². The standard InChI is InChI=1S/C70H118O26S/c1-5-6-7-8-9-10-11-12-13-14-15-16-17-18-33-55(79)64(86)69-67(89)59(83)42-61(96-69)68(90)62(84)45(3)36-38-54(78)60-41-58(82)66(88)70(95-60)65(87)56(80)39-44(2)35-37-51(75)40-57(81)63(85)46(4)53(77)34-23-31-50(74)29-21-27-48(72)25-19-24-47(71)26-20-28-49(73)30-22-32-52(76)43-94-97(91,92)93/h5-7,10-15,18,20,22,26,30,33,39,46-90H,1,3,8-9,16-17,19,21,23-25,27-29,31-32,34-38,40-43H2,2,4H3,(H,91,92,93)/b7-6+,11-10+,13-12+,15-14+,26-20+,30-22+,33-18+,44-39+. The maximum absolute atomic E-state index is 11.2. The van der Waals surface area contributed by atoms with Gasteiger partial charge in [-0.15, -0.1) is 0 Å². The van der Waals surface area contributed by atoms with Gasteiger partial charge in [-0.3, -0.25) is 4.55 Å².